The highest BCUT2D eigenvalue weighted by Gasteiger charge is 2.37. The second-order valence-electron chi connectivity index (χ2n) is 4.31. The minimum Gasteiger partial charge on any atom is -0.294 e. The number of piperazine rings is 1. The maximum absolute atomic E-state index is 11.9. The summed E-state index contributed by atoms with van der Waals surface area (Å²) in [5.74, 6) is -1.24. The lowest BCUT2D eigenvalue weighted by Crippen LogP contribution is -2.59. The van der Waals surface area contributed by atoms with E-state index in [2.05, 4.69) is 5.32 Å². The molecule has 0 radical (unpaired) electrons. The Kier molecular flexibility index (Phi) is 3.69. The molecule has 0 aromatic rings. The maximum atomic E-state index is 11.9. The molecule has 0 aromatic carbocycles. The molecule has 1 unspecified atom stereocenters. The van der Waals surface area contributed by atoms with Crippen molar-refractivity contribution in [3.63, 3.8) is 0 Å². The summed E-state index contributed by atoms with van der Waals surface area (Å²) in [4.78, 5) is 22.4. The van der Waals surface area contributed by atoms with Crippen LogP contribution in [0.5, 0.6) is 0 Å². The molecule has 16 heavy (non-hydrogen) atoms. The van der Waals surface area contributed by atoms with Crippen molar-refractivity contribution in [1.82, 2.24) is 9.62 Å². The summed E-state index contributed by atoms with van der Waals surface area (Å²) in [5.41, 5.74) is 0. The molecule has 1 N–H and O–H groups in total. The lowest BCUT2D eigenvalue weighted by atomic mass is 10.2. The quantitative estimate of drug-likeness (QED) is 0.671. The normalized spacial score (nSPS) is 23.6. The number of carbonyl (C=O) groups excluding carboxylic acids is 2. The minimum atomic E-state index is -3.55. The molecule has 0 aromatic heterocycles. The van der Waals surface area contributed by atoms with Gasteiger partial charge in [0.25, 0.3) is 0 Å². The van der Waals surface area contributed by atoms with Gasteiger partial charge in [0.15, 0.2) is 0 Å². The first-order chi connectivity index (χ1) is 7.24. The van der Waals surface area contributed by atoms with E-state index >= 15 is 0 Å². The van der Waals surface area contributed by atoms with Gasteiger partial charge in [-0.2, -0.15) is 4.31 Å². The van der Waals surface area contributed by atoms with Crippen molar-refractivity contribution in [2.75, 3.05) is 12.3 Å². The van der Waals surface area contributed by atoms with E-state index in [-0.39, 0.29) is 18.2 Å². The summed E-state index contributed by atoms with van der Waals surface area (Å²) in [6.45, 7) is 4.74. The van der Waals surface area contributed by atoms with Crippen LogP contribution in [0, 0.1) is 5.92 Å². The predicted octanol–water partition coefficient (Wildman–Crippen LogP) is -0.681. The average Bonchev–Trinajstić information content (AvgIpc) is 2.08. The number of sulfonamides is 1. The summed E-state index contributed by atoms with van der Waals surface area (Å²) in [6, 6.07) is -0.818. The second kappa shape index (κ2) is 4.50. The van der Waals surface area contributed by atoms with Crippen molar-refractivity contribution in [3.05, 3.63) is 0 Å². The van der Waals surface area contributed by atoms with Crippen molar-refractivity contribution in [2.24, 2.45) is 5.92 Å². The Morgan fingerprint density at radius 3 is 2.50 bits per heavy atom. The largest absolute Gasteiger partial charge is 0.294 e. The van der Waals surface area contributed by atoms with E-state index in [1.807, 2.05) is 0 Å². The molecular weight excluding hydrogens is 232 g/mol. The molecule has 1 saturated heterocycles. The molecule has 1 aliphatic heterocycles. The molecule has 0 saturated carbocycles. The van der Waals surface area contributed by atoms with Gasteiger partial charge in [-0.1, -0.05) is 13.8 Å². The van der Waals surface area contributed by atoms with Crippen molar-refractivity contribution in [3.8, 4) is 0 Å². The Morgan fingerprint density at radius 2 is 2.00 bits per heavy atom. The third-order valence-electron chi connectivity index (χ3n) is 2.27. The van der Waals surface area contributed by atoms with Gasteiger partial charge < -0.3 is 0 Å². The number of hydrogen-bond donors (Lipinski definition) is 1. The Balaban J connectivity index is 2.93. The van der Waals surface area contributed by atoms with Crippen LogP contribution in [-0.4, -0.2) is 42.9 Å². The average molecular weight is 248 g/mol. The van der Waals surface area contributed by atoms with Gasteiger partial charge in [-0.3, -0.25) is 14.9 Å². The standard InChI is InChI=1S/C9H16N2O4S/c1-6(2)5-16(14,15)11-4-8(12)10-9(13)7(11)3/h6-7H,4-5H2,1-3H3,(H,10,12,13). The van der Waals surface area contributed by atoms with Crippen LogP contribution in [-0.2, 0) is 19.6 Å². The summed E-state index contributed by atoms with van der Waals surface area (Å²) in [6.07, 6.45) is 0. The first kappa shape index (κ1) is 13.1. The molecule has 7 heteroatoms. The Hall–Kier alpha value is -0.950. The number of hydrogen-bond acceptors (Lipinski definition) is 4. The Labute approximate surface area is 95.0 Å². The number of amides is 2. The van der Waals surface area contributed by atoms with Crippen LogP contribution in [0.1, 0.15) is 20.8 Å². The van der Waals surface area contributed by atoms with Crippen molar-refractivity contribution >= 4 is 21.8 Å². The van der Waals surface area contributed by atoms with Gasteiger partial charge in [-0.05, 0) is 12.8 Å². The molecule has 0 spiro atoms. The van der Waals surface area contributed by atoms with Gasteiger partial charge in [0.2, 0.25) is 21.8 Å². The molecule has 1 heterocycles. The van der Waals surface area contributed by atoms with Gasteiger partial charge in [0.1, 0.15) is 6.04 Å². The highest BCUT2D eigenvalue weighted by molar-refractivity contribution is 7.89. The van der Waals surface area contributed by atoms with Crippen LogP contribution in [0.4, 0.5) is 0 Å². The molecule has 6 nitrogen and oxygen atoms in total. The van der Waals surface area contributed by atoms with Crippen LogP contribution >= 0.6 is 0 Å². The SMILES string of the molecule is CC(C)CS(=O)(=O)N1CC(=O)NC(=O)C1C. The number of imide groups is 1. The van der Waals surface area contributed by atoms with Crippen LogP contribution in [0.3, 0.4) is 0 Å². The summed E-state index contributed by atoms with van der Waals surface area (Å²) in [7, 11) is -3.55. The number of carbonyl (C=O) groups is 2. The molecule has 0 aliphatic carbocycles. The zero-order valence-electron chi connectivity index (χ0n) is 9.56. The van der Waals surface area contributed by atoms with Gasteiger partial charge in [0, 0.05) is 0 Å². The third kappa shape index (κ3) is 2.79. The Morgan fingerprint density at radius 1 is 1.44 bits per heavy atom. The highest BCUT2D eigenvalue weighted by atomic mass is 32.2. The van der Waals surface area contributed by atoms with E-state index in [0.29, 0.717) is 0 Å². The fraction of sp³-hybridized carbons (Fsp3) is 0.778. The van der Waals surface area contributed by atoms with E-state index in [9.17, 15) is 18.0 Å². The monoisotopic (exact) mass is 248 g/mol. The first-order valence-corrected chi connectivity index (χ1v) is 6.68. The summed E-state index contributed by atoms with van der Waals surface area (Å²) < 4.78 is 24.7. The van der Waals surface area contributed by atoms with Crippen LogP contribution in [0.15, 0.2) is 0 Å². The van der Waals surface area contributed by atoms with E-state index in [1.54, 1.807) is 13.8 Å². The van der Waals surface area contributed by atoms with E-state index in [1.165, 1.54) is 6.92 Å². The smallest absolute Gasteiger partial charge is 0.244 e. The van der Waals surface area contributed by atoms with Gasteiger partial charge in [0.05, 0.1) is 12.3 Å². The van der Waals surface area contributed by atoms with Gasteiger partial charge in [-0.25, -0.2) is 8.42 Å². The molecule has 2 amide bonds. The van der Waals surface area contributed by atoms with Crippen LogP contribution < -0.4 is 5.32 Å². The van der Waals surface area contributed by atoms with Crippen molar-refractivity contribution in [1.29, 1.82) is 0 Å². The second-order valence-corrected chi connectivity index (χ2v) is 6.27. The maximum Gasteiger partial charge on any atom is 0.244 e. The molecular formula is C9H16N2O4S. The van der Waals surface area contributed by atoms with E-state index in [4.69, 9.17) is 0 Å². The summed E-state index contributed by atoms with van der Waals surface area (Å²) in [5, 5.41) is 2.10. The highest BCUT2D eigenvalue weighted by Crippen LogP contribution is 2.13. The van der Waals surface area contributed by atoms with Crippen LogP contribution in [0.25, 0.3) is 0 Å². The fourth-order valence-corrected chi connectivity index (χ4v) is 3.47. The molecule has 92 valence electrons. The Bertz CT molecular complexity index is 402. The molecule has 1 fully saturated rings. The van der Waals surface area contributed by atoms with Crippen molar-refractivity contribution in [2.45, 2.75) is 26.8 Å². The van der Waals surface area contributed by atoms with E-state index < -0.39 is 27.9 Å². The molecule has 1 aliphatic rings. The van der Waals surface area contributed by atoms with Crippen LogP contribution in [0.2, 0.25) is 0 Å². The third-order valence-corrected chi connectivity index (χ3v) is 4.52. The molecule has 0 bridgehead atoms. The van der Waals surface area contributed by atoms with Crippen molar-refractivity contribution < 1.29 is 18.0 Å². The summed E-state index contributed by atoms with van der Waals surface area (Å²) >= 11 is 0. The number of nitrogens with one attached hydrogen (secondary N) is 1. The van der Waals surface area contributed by atoms with Gasteiger partial charge in [-0.15, -0.1) is 0 Å². The lowest BCUT2D eigenvalue weighted by molar-refractivity contribution is -0.136. The predicted molar refractivity (Wildman–Crippen MR) is 57.9 cm³/mol. The van der Waals surface area contributed by atoms with Gasteiger partial charge >= 0.3 is 0 Å². The molecule has 1 rings (SSSR count). The topological polar surface area (TPSA) is 83.6 Å². The zero-order chi connectivity index (χ0) is 12.5. The zero-order valence-corrected chi connectivity index (χ0v) is 10.4. The minimum absolute atomic E-state index is 0.0442. The fourth-order valence-electron chi connectivity index (χ4n) is 1.55. The number of nitrogens with zero attached hydrogens (tertiary/aromatic N) is 1. The van der Waals surface area contributed by atoms with E-state index in [0.717, 1.165) is 4.31 Å². The number of rotatable bonds is 3. The lowest BCUT2D eigenvalue weighted by Gasteiger charge is -2.31. The first-order valence-electron chi connectivity index (χ1n) is 5.07. The molecule has 1 atom stereocenters.